The highest BCUT2D eigenvalue weighted by Gasteiger charge is 2.37. The highest BCUT2D eigenvalue weighted by atomic mass is 35.5. The standard InChI is InChI=1S/C28H31ClN4O6/c1-3-37-27(35)24-21(31(2)28(36)30-25(24)18-5-8-20(29)9-6-18)16-32-11-4-12-33(14-13-32)26(34)19-7-10-22-23(15-19)39-17-38-22/h5-10,15,25H,3-4,11-14,16-17H2,1-2H3,(H,30,36)/t25-/m1/s1. The first-order valence-electron chi connectivity index (χ1n) is 13.0. The fraction of sp³-hybridized carbons (Fsp3) is 0.393. The maximum Gasteiger partial charge on any atom is 0.338 e. The number of hydrogen-bond acceptors (Lipinski definition) is 7. The molecular weight excluding hydrogens is 524 g/mol. The van der Waals surface area contributed by atoms with Gasteiger partial charge in [0.05, 0.1) is 18.2 Å². The number of halogens is 1. The molecule has 1 N–H and O–H groups in total. The minimum absolute atomic E-state index is 0.0708. The molecule has 0 aromatic heterocycles. The van der Waals surface area contributed by atoms with E-state index < -0.39 is 12.0 Å². The van der Waals surface area contributed by atoms with Crippen LogP contribution in [-0.2, 0) is 9.53 Å². The van der Waals surface area contributed by atoms with Gasteiger partial charge in [0.15, 0.2) is 11.5 Å². The Morgan fingerprint density at radius 1 is 1.05 bits per heavy atom. The van der Waals surface area contributed by atoms with E-state index in [1.807, 2.05) is 4.90 Å². The molecule has 11 heteroatoms. The van der Waals surface area contributed by atoms with Gasteiger partial charge in [0.25, 0.3) is 5.91 Å². The SMILES string of the molecule is CCOC(=O)C1=C(CN2CCCN(C(=O)c3ccc4c(c3)OCO4)CC2)N(C)C(=O)N[C@@H]1c1ccc(Cl)cc1. The summed E-state index contributed by atoms with van der Waals surface area (Å²) in [7, 11) is 1.65. The van der Waals surface area contributed by atoms with E-state index in [9.17, 15) is 14.4 Å². The summed E-state index contributed by atoms with van der Waals surface area (Å²) in [6.45, 7) is 4.85. The topological polar surface area (TPSA) is 101 Å². The summed E-state index contributed by atoms with van der Waals surface area (Å²) in [4.78, 5) is 44.9. The Labute approximate surface area is 232 Å². The van der Waals surface area contributed by atoms with Crippen LogP contribution < -0.4 is 14.8 Å². The predicted octanol–water partition coefficient (Wildman–Crippen LogP) is 3.43. The van der Waals surface area contributed by atoms with E-state index >= 15 is 0 Å². The quantitative estimate of drug-likeness (QED) is 0.546. The Kier molecular flexibility index (Phi) is 7.94. The summed E-state index contributed by atoms with van der Waals surface area (Å²) in [5.41, 5.74) is 2.25. The van der Waals surface area contributed by atoms with E-state index in [0.29, 0.717) is 66.1 Å². The van der Waals surface area contributed by atoms with Gasteiger partial charge < -0.3 is 24.4 Å². The molecule has 1 fully saturated rings. The largest absolute Gasteiger partial charge is 0.463 e. The van der Waals surface area contributed by atoms with Crippen LogP contribution in [0.1, 0.15) is 35.3 Å². The van der Waals surface area contributed by atoms with Crippen molar-refractivity contribution in [2.75, 3.05) is 53.2 Å². The third-order valence-electron chi connectivity index (χ3n) is 7.14. The van der Waals surface area contributed by atoms with Gasteiger partial charge in [-0.05, 0) is 49.2 Å². The van der Waals surface area contributed by atoms with E-state index in [2.05, 4.69) is 10.2 Å². The summed E-state index contributed by atoms with van der Waals surface area (Å²) < 4.78 is 16.2. The minimum Gasteiger partial charge on any atom is -0.463 e. The molecule has 0 spiro atoms. The number of nitrogens with zero attached hydrogens (tertiary/aromatic N) is 3. The van der Waals surface area contributed by atoms with Crippen molar-refractivity contribution in [3.8, 4) is 11.5 Å². The third-order valence-corrected chi connectivity index (χ3v) is 7.40. The van der Waals surface area contributed by atoms with Gasteiger partial charge in [-0.2, -0.15) is 0 Å². The van der Waals surface area contributed by atoms with Gasteiger partial charge in [-0.25, -0.2) is 9.59 Å². The third kappa shape index (κ3) is 5.67. The number of carbonyl (C=O) groups is 3. The zero-order chi connectivity index (χ0) is 27.5. The number of carbonyl (C=O) groups excluding carboxylic acids is 3. The van der Waals surface area contributed by atoms with Crippen molar-refractivity contribution < 1.29 is 28.6 Å². The second kappa shape index (κ2) is 11.5. The smallest absolute Gasteiger partial charge is 0.338 e. The second-order valence-electron chi connectivity index (χ2n) is 9.56. The number of amides is 3. The molecule has 3 amide bonds. The molecule has 0 aliphatic carbocycles. The fourth-order valence-electron chi connectivity index (χ4n) is 5.06. The minimum atomic E-state index is -0.670. The molecule has 0 unspecified atom stereocenters. The number of hydrogen-bond donors (Lipinski definition) is 1. The van der Waals surface area contributed by atoms with Crippen LogP contribution in [0.15, 0.2) is 53.7 Å². The van der Waals surface area contributed by atoms with Gasteiger partial charge in [0.2, 0.25) is 6.79 Å². The van der Waals surface area contributed by atoms with Crippen LogP contribution in [0.3, 0.4) is 0 Å². The number of benzene rings is 2. The van der Waals surface area contributed by atoms with Crippen molar-refractivity contribution in [1.29, 1.82) is 0 Å². The number of ether oxygens (including phenoxy) is 3. The van der Waals surface area contributed by atoms with Crippen molar-refractivity contribution in [1.82, 2.24) is 20.0 Å². The lowest BCUT2D eigenvalue weighted by Gasteiger charge is -2.36. The summed E-state index contributed by atoms with van der Waals surface area (Å²) in [6.07, 6.45) is 0.745. The molecule has 39 heavy (non-hydrogen) atoms. The molecule has 2 aromatic rings. The van der Waals surface area contributed by atoms with E-state index in [1.165, 1.54) is 4.90 Å². The molecule has 0 bridgehead atoms. The lowest BCUT2D eigenvalue weighted by atomic mass is 9.94. The lowest BCUT2D eigenvalue weighted by Crippen LogP contribution is -2.49. The maximum atomic E-state index is 13.3. The van der Waals surface area contributed by atoms with Gasteiger partial charge in [-0.3, -0.25) is 14.6 Å². The van der Waals surface area contributed by atoms with Crippen molar-refractivity contribution in [2.24, 2.45) is 0 Å². The van der Waals surface area contributed by atoms with E-state index in [4.69, 9.17) is 25.8 Å². The first-order valence-corrected chi connectivity index (χ1v) is 13.3. The number of fused-ring (bicyclic) bond motifs is 1. The molecule has 0 radical (unpaired) electrons. The normalized spacial score (nSPS) is 19.6. The number of nitrogens with one attached hydrogen (secondary N) is 1. The van der Waals surface area contributed by atoms with Crippen molar-refractivity contribution in [2.45, 2.75) is 19.4 Å². The zero-order valence-corrected chi connectivity index (χ0v) is 22.7. The van der Waals surface area contributed by atoms with Crippen LogP contribution in [0.4, 0.5) is 4.79 Å². The van der Waals surface area contributed by atoms with Crippen LogP contribution in [-0.4, -0.2) is 85.8 Å². The first kappa shape index (κ1) is 26.8. The van der Waals surface area contributed by atoms with Crippen molar-refractivity contribution in [3.05, 3.63) is 69.9 Å². The number of rotatable bonds is 6. The molecule has 3 heterocycles. The molecular formula is C28H31ClN4O6. The van der Waals surface area contributed by atoms with Crippen LogP contribution in [0.2, 0.25) is 5.02 Å². The van der Waals surface area contributed by atoms with Crippen molar-refractivity contribution >= 4 is 29.5 Å². The highest BCUT2D eigenvalue weighted by molar-refractivity contribution is 6.30. The Hall–Kier alpha value is -3.76. The monoisotopic (exact) mass is 554 g/mol. The Morgan fingerprint density at radius 3 is 2.59 bits per heavy atom. The molecule has 3 aliphatic rings. The van der Waals surface area contributed by atoms with E-state index in [-0.39, 0.29) is 25.3 Å². The average Bonchev–Trinajstić information content (AvgIpc) is 3.28. The number of urea groups is 1. The summed E-state index contributed by atoms with van der Waals surface area (Å²) >= 11 is 6.08. The zero-order valence-electron chi connectivity index (χ0n) is 21.9. The van der Waals surface area contributed by atoms with Crippen LogP contribution in [0.5, 0.6) is 11.5 Å². The van der Waals surface area contributed by atoms with Gasteiger partial charge in [-0.15, -0.1) is 0 Å². The average molecular weight is 555 g/mol. The number of likely N-dealkylation sites (N-methyl/N-ethyl adjacent to an activating group) is 1. The van der Waals surface area contributed by atoms with Crippen LogP contribution in [0.25, 0.3) is 0 Å². The molecule has 3 aliphatic heterocycles. The van der Waals surface area contributed by atoms with Crippen molar-refractivity contribution in [3.63, 3.8) is 0 Å². The fourth-order valence-corrected chi connectivity index (χ4v) is 5.19. The lowest BCUT2D eigenvalue weighted by molar-refractivity contribution is -0.139. The predicted molar refractivity (Wildman–Crippen MR) is 144 cm³/mol. The second-order valence-corrected chi connectivity index (χ2v) is 10.0. The number of esters is 1. The van der Waals surface area contributed by atoms with Crippen LogP contribution >= 0.6 is 11.6 Å². The maximum absolute atomic E-state index is 13.3. The molecule has 2 aromatic carbocycles. The first-order chi connectivity index (χ1) is 18.9. The molecule has 0 saturated carbocycles. The van der Waals surface area contributed by atoms with Gasteiger partial charge >= 0.3 is 12.0 Å². The molecule has 10 nitrogen and oxygen atoms in total. The molecule has 206 valence electrons. The van der Waals surface area contributed by atoms with Crippen LogP contribution in [0, 0.1) is 0 Å². The molecule has 5 rings (SSSR count). The van der Waals surface area contributed by atoms with E-state index in [0.717, 1.165) is 12.0 Å². The summed E-state index contributed by atoms with van der Waals surface area (Å²) in [5.74, 6) is 0.661. The Morgan fingerprint density at radius 2 is 1.82 bits per heavy atom. The van der Waals surface area contributed by atoms with E-state index in [1.54, 1.807) is 56.4 Å². The Balaban J connectivity index is 1.36. The summed E-state index contributed by atoms with van der Waals surface area (Å²) in [6, 6.07) is 11.3. The molecule has 1 saturated heterocycles. The Bertz CT molecular complexity index is 1300. The summed E-state index contributed by atoms with van der Waals surface area (Å²) in [5, 5.41) is 3.48. The van der Waals surface area contributed by atoms with Gasteiger partial charge in [0, 0.05) is 56.1 Å². The van der Waals surface area contributed by atoms with Gasteiger partial charge in [0.1, 0.15) is 0 Å². The molecule has 1 atom stereocenters. The van der Waals surface area contributed by atoms with Gasteiger partial charge in [-0.1, -0.05) is 23.7 Å². The highest BCUT2D eigenvalue weighted by Crippen LogP contribution is 2.34.